The molecule has 31 heavy (non-hydrogen) atoms. The zero-order valence-electron chi connectivity index (χ0n) is 17.1. The van der Waals surface area contributed by atoms with Crippen LogP contribution in [-0.2, 0) is 0 Å². The van der Waals surface area contributed by atoms with Crippen LogP contribution >= 0.6 is 70.6 Å². The number of aromatic nitrogens is 3. The Kier molecular flexibility index (Phi) is 7.27. The van der Waals surface area contributed by atoms with Gasteiger partial charge in [0.15, 0.2) is 5.82 Å². The molecule has 0 aliphatic carbocycles. The standard InChI is InChI=1S/C22H21N3S6/c1-3-9-26-19-20(27-10-4-2)31-22(30-19)21-28-16-11-14-15(12-17(16)29-21)25-18(24-14)13-7-5-6-8-23-13/h5-8,11-12H,3-4,9-10H2,1-2H3,(H,24,25). The summed E-state index contributed by atoms with van der Waals surface area (Å²) in [7, 11) is 0. The van der Waals surface area contributed by atoms with Gasteiger partial charge in [-0.25, -0.2) is 4.98 Å². The van der Waals surface area contributed by atoms with Gasteiger partial charge in [0.1, 0.15) is 5.69 Å². The molecule has 2 aliphatic heterocycles. The molecule has 0 fully saturated rings. The van der Waals surface area contributed by atoms with Crippen LogP contribution in [0.5, 0.6) is 0 Å². The first kappa shape index (κ1) is 22.2. The van der Waals surface area contributed by atoms with Gasteiger partial charge in [-0.05, 0) is 48.6 Å². The highest BCUT2D eigenvalue weighted by Crippen LogP contribution is 2.64. The number of nitrogens with zero attached hydrogens (tertiary/aromatic N) is 2. The van der Waals surface area contributed by atoms with E-state index in [1.54, 1.807) is 6.20 Å². The van der Waals surface area contributed by atoms with Gasteiger partial charge in [0.05, 0.1) is 28.0 Å². The fourth-order valence-electron chi connectivity index (χ4n) is 3.03. The Hall–Kier alpha value is -0.580. The molecule has 5 rings (SSSR count). The van der Waals surface area contributed by atoms with Crippen molar-refractivity contribution < 1.29 is 0 Å². The largest absolute Gasteiger partial charge is 0.337 e. The highest BCUT2D eigenvalue weighted by molar-refractivity contribution is 8.42. The molecule has 2 aliphatic rings. The van der Waals surface area contributed by atoms with E-state index in [4.69, 9.17) is 4.98 Å². The van der Waals surface area contributed by atoms with Gasteiger partial charge in [0.2, 0.25) is 0 Å². The van der Waals surface area contributed by atoms with Crippen LogP contribution in [0.2, 0.25) is 0 Å². The molecule has 160 valence electrons. The molecule has 0 atom stereocenters. The SMILES string of the molecule is CCCSC1=C(SCCC)SC(=C2Sc3cc4nc(-c5ccccn5)[nH]c4cc3S2)S1. The summed E-state index contributed by atoms with van der Waals surface area (Å²) in [6.45, 7) is 4.51. The first-order valence-corrected chi connectivity index (χ1v) is 15.4. The lowest BCUT2D eigenvalue weighted by Crippen LogP contribution is -1.82. The Morgan fingerprint density at radius 2 is 1.55 bits per heavy atom. The van der Waals surface area contributed by atoms with Crippen LogP contribution in [0, 0.1) is 0 Å². The number of thioether (sulfide) groups is 6. The quantitative estimate of drug-likeness (QED) is 0.332. The molecule has 1 aromatic carbocycles. The molecular weight excluding hydrogens is 499 g/mol. The van der Waals surface area contributed by atoms with Crippen LogP contribution in [-0.4, -0.2) is 26.5 Å². The monoisotopic (exact) mass is 519 g/mol. The Balaban J connectivity index is 1.38. The van der Waals surface area contributed by atoms with Crippen LogP contribution in [0.4, 0.5) is 0 Å². The van der Waals surface area contributed by atoms with Gasteiger partial charge < -0.3 is 4.98 Å². The lowest BCUT2D eigenvalue weighted by molar-refractivity contribution is 1.11. The normalized spacial score (nSPS) is 16.1. The number of nitrogens with one attached hydrogen (secondary N) is 1. The molecule has 0 saturated carbocycles. The number of fused-ring (bicyclic) bond motifs is 2. The van der Waals surface area contributed by atoms with Crippen LogP contribution in [0.3, 0.4) is 0 Å². The smallest absolute Gasteiger partial charge is 0.157 e. The maximum absolute atomic E-state index is 4.79. The van der Waals surface area contributed by atoms with Crippen molar-refractivity contribution in [3.8, 4) is 11.5 Å². The molecule has 0 spiro atoms. The van der Waals surface area contributed by atoms with Crippen molar-refractivity contribution >= 4 is 81.6 Å². The number of benzene rings is 1. The van der Waals surface area contributed by atoms with Crippen molar-refractivity contribution in [3.63, 3.8) is 0 Å². The van der Waals surface area contributed by atoms with E-state index in [-0.39, 0.29) is 0 Å². The van der Waals surface area contributed by atoms with E-state index in [1.165, 1.54) is 51.1 Å². The zero-order chi connectivity index (χ0) is 21.2. The second kappa shape index (κ2) is 10.1. The molecule has 0 saturated heterocycles. The summed E-state index contributed by atoms with van der Waals surface area (Å²) < 4.78 is 5.84. The van der Waals surface area contributed by atoms with Crippen LogP contribution in [0.25, 0.3) is 22.6 Å². The summed E-state index contributed by atoms with van der Waals surface area (Å²) in [5.74, 6) is 3.21. The molecular formula is C22H21N3S6. The fraction of sp³-hybridized carbons (Fsp3) is 0.273. The summed E-state index contributed by atoms with van der Waals surface area (Å²) >= 11 is 11.8. The molecule has 3 nitrogen and oxygen atoms in total. The van der Waals surface area contributed by atoms with Crippen LogP contribution in [0.15, 0.2) is 63.3 Å². The second-order valence-corrected chi connectivity index (χ2v) is 14.3. The Labute approximate surface area is 208 Å². The van der Waals surface area contributed by atoms with Crippen molar-refractivity contribution in [2.24, 2.45) is 0 Å². The third kappa shape index (κ3) is 4.87. The zero-order valence-corrected chi connectivity index (χ0v) is 22.0. The lowest BCUT2D eigenvalue weighted by atomic mass is 10.3. The Morgan fingerprint density at radius 3 is 2.19 bits per heavy atom. The second-order valence-electron chi connectivity index (χ2n) is 6.87. The number of H-pyrrole nitrogens is 1. The van der Waals surface area contributed by atoms with Crippen molar-refractivity contribution in [2.75, 3.05) is 11.5 Å². The lowest BCUT2D eigenvalue weighted by Gasteiger charge is -2.02. The van der Waals surface area contributed by atoms with E-state index in [9.17, 15) is 0 Å². The number of hydrogen-bond acceptors (Lipinski definition) is 8. The molecule has 0 bridgehead atoms. The third-order valence-corrected chi connectivity index (χ3v) is 13.4. The van der Waals surface area contributed by atoms with Crippen molar-refractivity contribution in [2.45, 2.75) is 36.5 Å². The first-order valence-electron chi connectivity index (χ1n) is 10.2. The van der Waals surface area contributed by atoms with Crippen molar-refractivity contribution in [1.82, 2.24) is 15.0 Å². The molecule has 9 heteroatoms. The minimum atomic E-state index is 0.828. The summed E-state index contributed by atoms with van der Waals surface area (Å²) in [6.07, 6.45) is 4.23. The highest BCUT2D eigenvalue weighted by atomic mass is 32.3. The molecule has 4 heterocycles. The molecule has 3 aromatic rings. The molecule has 0 radical (unpaired) electrons. The number of imidazole rings is 1. The predicted octanol–water partition coefficient (Wildman–Crippen LogP) is 8.84. The highest BCUT2D eigenvalue weighted by Gasteiger charge is 2.29. The van der Waals surface area contributed by atoms with Gasteiger partial charge in [-0.3, -0.25) is 4.98 Å². The molecule has 2 aromatic heterocycles. The summed E-state index contributed by atoms with van der Waals surface area (Å²) in [6, 6.07) is 10.4. The molecule has 0 unspecified atom stereocenters. The molecule has 0 amide bonds. The summed E-state index contributed by atoms with van der Waals surface area (Å²) in [5, 5.41) is 0. The van der Waals surface area contributed by atoms with Gasteiger partial charge in [0, 0.05) is 16.0 Å². The van der Waals surface area contributed by atoms with E-state index in [2.05, 4.69) is 35.9 Å². The molecule has 1 N–H and O–H groups in total. The average Bonchev–Trinajstić information content (AvgIpc) is 3.50. The minimum absolute atomic E-state index is 0.828. The number of pyridine rings is 1. The Morgan fingerprint density at radius 1 is 0.871 bits per heavy atom. The Bertz CT molecular complexity index is 1100. The van der Waals surface area contributed by atoms with E-state index in [0.717, 1.165) is 22.6 Å². The third-order valence-electron chi connectivity index (χ3n) is 4.44. The first-order chi connectivity index (χ1) is 15.2. The topological polar surface area (TPSA) is 41.6 Å². The van der Waals surface area contributed by atoms with E-state index in [1.807, 2.05) is 88.8 Å². The van der Waals surface area contributed by atoms with Gasteiger partial charge >= 0.3 is 0 Å². The number of aromatic amines is 1. The van der Waals surface area contributed by atoms with Gasteiger partial charge in [-0.2, -0.15) is 0 Å². The van der Waals surface area contributed by atoms with E-state index < -0.39 is 0 Å². The number of hydrogen-bond donors (Lipinski definition) is 1. The fourth-order valence-corrected chi connectivity index (χ4v) is 11.6. The van der Waals surface area contributed by atoms with Crippen molar-refractivity contribution in [1.29, 1.82) is 0 Å². The number of rotatable bonds is 7. The van der Waals surface area contributed by atoms with E-state index >= 15 is 0 Å². The summed E-state index contributed by atoms with van der Waals surface area (Å²) in [5.41, 5.74) is 2.95. The van der Waals surface area contributed by atoms with Gasteiger partial charge in [0.25, 0.3) is 0 Å². The maximum atomic E-state index is 4.79. The van der Waals surface area contributed by atoms with E-state index in [0.29, 0.717) is 0 Å². The van der Waals surface area contributed by atoms with Crippen LogP contribution in [0.1, 0.15) is 26.7 Å². The summed E-state index contributed by atoms with van der Waals surface area (Å²) in [4.78, 5) is 15.3. The minimum Gasteiger partial charge on any atom is -0.337 e. The van der Waals surface area contributed by atoms with Crippen LogP contribution < -0.4 is 0 Å². The van der Waals surface area contributed by atoms with Crippen molar-refractivity contribution in [3.05, 3.63) is 53.5 Å². The predicted molar refractivity (Wildman–Crippen MR) is 146 cm³/mol. The average molecular weight is 520 g/mol. The van der Waals surface area contributed by atoms with Gasteiger partial charge in [-0.1, -0.05) is 67.0 Å². The maximum Gasteiger partial charge on any atom is 0.157 e. The van der Waals surface area contributed by atoms with Gasteiger partial charge in [-0.15, -0.1) is 23.5 Å².